The molecule has 0 bridgehead atoms. The zero-order chi connectivity index (χ0) is 10.0. The summed E-state index contributed by atoms with van der Waals surface area (Å²) in [6.45, 7) is 20.0. The lowest BCUT2D eigenvalue weighted by molar-refractivity contribution is 1.50. The van der Waals surface area contributed by atoms with Crippen molar-refractivity contribution in [2.24, 2.45) is 0 Å². The fourth-order valence-electron chi connectivity index (χ4n) is 0. The average Bonchev–Trinajstić information content (AvgIpc) is 2.20. The molecule has 0 saturated heterocycles. The van der Waals surface area contributed by atoms with Crippen LogP contribution in [0.5, 0.6) is 0 Å². The molecule has 0 radical (unpaired) electrons. The monoisotopic (exact) mass is 198 g/mol. The molecule has 0 unspecified atom stereocenters. The highest BCUT2D eigenvalue weighted by atomic mass is 13.0. The van der Waals surface area contributed by atoms with Gasteiger partial charge >= 0.3 is 0 Å². The van der Waals surface area contributed by atoms with Crippen molar-refractivity contribution in [3.8, 4) is 0 Å². The summed E-state index contributed by atoms with van der Waals surface area (Å²) in [5.74, 6) is 0. The molecule has 0 aliphatic carbocycles. The predicted molar refractivity (Wildman–Crippen MR) is 76.9 cm³/mol. The van der Waals surface area contributed by atoms with Crippen molar-refractivity contribution in [3.05, 3.63) is 0 Å². The van der Waals surface area contributed by atoms with E-state index >= 15 is 0 Å². The predicted octanol–water partition coefficient (Wildman–Crippen LogP) is 7.04. The summed E-state index contributed by atoms with van der Waals surface area (Å²) < 4.78 is 0. The van der Waals surface area contributed by atoms with Crippen molar-refractivity contribution in [2.45, 2.75) is 91.5 Å². The highest BCUT2D eigenvalue weighted by molar-refractivity contribution is 3.51. The van der Waals surface area contributed by atoms with Crippen molar-refractivity contribution in [1.29, 1.82) is 0 Å². The van der Waals surface area contributed by atoms with Crippen LogP contribution in [-0.2, 0) is 0 Å². The largest absolute Gasteiger partial charge is 0.0776 e. The van der Waals surface area contributed by atoms with E-state index in [9.17, 15) is 0 Å². The molecule has 13 heavy (non-hydrogen) atoms. The lowest BCUT2D eigenvalue weighted by Crippen LogP contribution is -0.856. The molecule has 94 valence electrons. The molecule has 0 nitrogen and oxygen atoms in total. The van der Waals surface area contributed by atoms with Crippen LogP contribution in [0.4, 0.5) is 0 Å². The van der Waals surface area contributed by atoms with Gasteiger partial charge in [-0.2, -0.15) is 0 Å². The quantitative estimate of drug-likeness (QED) is 0.391. The summed E-state index contributed by atoms with van der Waals surface area (Å²) in [4.78, 5) is 0. The molecule has 0 atom stereocenters. The van der Waals surface area contributed by atoms with Crippen LogP contribution in [0, 0.1) is 0 Å². The Morgan fingerprint density at radius 1 is 0.231 bits per heavy atom. The summed E-state index contributed by atoms with van der Waals surface area (Å²) in [6, 6.07) is 0. The highest BCUT2D eigenvalue weighted by Crippen LogP contribution is 1.15. The van der Waals surface area contributed by atoms with Gasteiger partial charge < -0.3 is 0 Å². The number of rotatable bonds is 0. The standard InChI is InChI=1S/5C2H6.3CH4/c5*1-2;;;/h5*1-2H3;3*1H4. The molecule has 0 heterocycles. The molecule has 0 aliphatic heterocycles. The summed E-state index contributed by atoms with van der Waals surface area (Å²) in [5, 5.41) is 0. The second-order valence-corrected chi connectivity index (χ2v) is 0. The molecule has 0 rings (SSSR count). The second kappa shape index (κ2) is 0. The van der Waals surface area contributed by atoms with Gasteiger partial charge in [0.15, 0.2) is 0 Å². The third-order valence-corrected chi connectivity index (χ3v) is 0. The number of hydrogen-bond donors (Lipinski definition) is 0. The Kier molecular flexibility index (Phi) is 0. The number of hydrogen-bond acceptors (Lipinski definition) is 0. The summed E-state index contributed by atoms with van der Waals surface area (Å²) >= 11 is 0. The smallest absolute Gasteiger partial charge is 0.0683 e. The molecule has 0 spiro atoms. The van der Waals surface area contributed by atoms with Crippen LogP contribution in [-0.4, -0.2) is 0 Å². The lowest BCUT2D eigenvalue weighted by atomic mass is 11.0. The van der Waals surface area contributed by atoms with E-state index in [4.69, 9.17) is 0 Å². The van der Waals surface area contributed by atoms with Crippen LogP contribution >= 0.6 is 0 Å². The average molecular weight is 198 g/mol. The molecule has 0 saturated carbocycles. The maximum atomic E-state index is 2.00. The SMILES string of the molecule is C.C.C.CC.CC.CC.CC.CC. The zero-order valence-corrected chi connectivity index (χ0v) is 10.0. The Balaban J connectivity index is -0.00000000379. The first-order valence-electron chi connectivity index (χ1n) is 5.00. The minimum atomic E-state index is 0. The Morgan fingerprint density at radius 2 is 0.231 bits per heavy atom. The van der Waals surface area contributed by atoms with Crippen molar-refractivity contribution in [1.82, 2.24) is 0 Å². The highest BCUT2D eigenvalue weighted by Gasteiger charge is 0.940. The topological polar surface area (TPSA) is 0 Å². The Morgan fingerprint density at radius 3 is 0.231 bits per heavy atom. The van der Waals surface area contributed by atoms with Gasteiger partial charge in [0.05, 0.1) is 0 Å². The maximum absolute atomic E-state index is 2.00. The normalized spacial score (nSPS) is 2.31. The van der Waals surface area contributed by atoms with Crippen molar-refractivity contribution in [3.63, 3.8) is 0 Å². The molecule has 0 aliphatic rings. The van der Waals surface area contributed by atoms with E-state index in [1.54, 1.807) is 0 Å². The van der Waals surface area contributed by atoms with Crippen molar-refractivity contribution in [2.75, 3.05) is 0 Å². The maximum Gasteiger partial charge on any atom is -0.0683 e. The molecular weight excluding hydrogens is 156 g/mol. The zero-order valence-electron chi connectivity index (χ0n) is 10.0. The third kappa shape index (κ3) is 0. The van der Waals surface area contributed by atoms with Gasteiger partial charge in [0.1, 0.15) is 0 Å². The van der Waals surface area contributed by atoms with Gasteiger partial charge in [-0.1, -0.05) is 91.5 Å². The summed E-state index contributed by atoms with van der Waals surface area (Å²) in [5.41, 5.74) is 0. The van der Waals surface area contributed by atoms with Gasteiger partial charge in [-0.25, -0.2) is 0 Å². The molecule has 0 fully saturated rings. The molecule has 0 aromatic heterocycles. The van der Waals surface area contributed by atoms with E-state index in [-0.39, 0.29) is 22.3 Å². The Hall–Kier alpha value is 0. The van der Waals surface area contributed by atoms with Crippen LogP contribution in [0.3, 0.4) is 0 Å². The van der Waals surface area contributed by atoms with E-state index in [0.29, 0.717) is 0 Å². The van der Waals surface area contributed by atoms with Crippen LogP contribution in [0.15, 0.2) is 0 Å². The van der Waals surface area contributed by atoms with Crippen LogP contribution in [0.1, 0.15) is 91.5 Å². The minimum absolute atomic E-state index is 0. The van der Waals surface area contributed by atoms with E-state index in [2.05, 4.69) is 0 Å². The first-order chi connectivity index (χ1) is 5.00. The fraction of sp³-hybridized carbons (Fsp3) is 1.00. The van der Waals surface area contributed by atoms with E-state index in [0.717, 1.165) is 0 Å². The summed E-state index contributed by atoms with van der Waals surface area (Å²) in [7, 11) is 0. The first-order valence-corrected chi connectivity index (χ1v) is 5.00. The molecular formula is C13H42. The summed E-state index contributed by atoms with van der Waals surface area (Å²) in [6.07, 6.45) is 0. The van der Waals surface area contributed by atoms with E-state index in [1.165, 1.54) is 0 Å². The fourth-order valence-corrected chi connectivity index (χ4v) is 0. The lowest BCUT2D eigenvalue weighted by Gasteiger charge is -1.07. The van der Waals surface area contributed by atoms with Gasteiger partial charge in [-0.3, -0.25) is 0 Å². The minimum Gasteiger partial charge on any atom is -0.0776 e. The van der Waals surface area contributed by atoms with E-state index in [1.807, 2.05) is 69.2 Å². The van der Waals surface area contributed by atoms with Crippen LogP contribution < -0.4 is 0 Å². The molecule has 0 aromatic rings. The van der Waals surface area contributed by atoms with Crippen LogP contribution in [0.2, 0.25) is 0 Å². The molecule has 0 heteroatoms. The third-order valence-electron chi connectivity index (χ3n) is 0. The second-order valence-electron chi connectivity index (χ2n) is 0. The van der Waals surface area contributed by atoms with Gasteiger partial charge in [-0.15, -0.1) is 0 Å². The first kappa shape index (κ1) is 74.9. The Labute approximate surface area is 92.2 Å². The van der Waals surface area contributed by atoms with Crippen LogP contribution in [0.25, 0.3) is 0 Å². The van der Waals surface area contributed by atoms with Crippen molar-refractivity contribution >= 4 is 0 Å². The van der Waals surface area contributed by atoms with E-state index < -0.39 is 0 Å². The van der Waals surface area contributed by atoms with Gasteiger partial charge in [0.2, 0.25) is 0 Å². The van der Waals surface area contributed by atoms with Crippen molar-refractivity contribution < 1.29 is 0 Å². The molecule has 0 N–H and O–H groups in total. The molecule has 0 amide bonds. The molecule has 0 aromatic carbocycles. The Bertz CT molecular complexity index is 0. The van der Waals surface area contributed by atoms with Gasteiger partial charge in [-0.05, 0) is 0 Å². The van der Waals surface area contributed by atoms with Gasteiger partial charge in [0, 0.05) is 0 Å². The van der Waals surface area contributed by atoms with Gasteiger partial charge in [0.25, 0.3) is 0 Å².